The number of ether oxygens (including phenoxy) is 1. The van der Waals surface area contributed by atoms with Crippen LogP contribution in [0.1, 0.15) is 44.6 Å². The zero-order valence-electron chi connectivity index (χ0n) is 13.1. The molecule has 2 N–H and O–H groups in total. The van der Waals surface area contributed by atoms with Gasteiger partial charge in [-0.05, 0) is 37.5 Å². The Morgan fingerprint density at radius 3 is 2.43 bits per heavy atom. The summed E-state index contributed by atoms with van der Waals surface area (Å²) in [5.74, 6) is 0.925. The second kappa shape index (κ2) is 6.94. The van der Waals surface area contributed by atoms with Crippen molar-refractivity contribution in [1.29, 1.82) is 0 Å². The van der Waals surface area contributed by atoms with Gasteiger partial charge in [-0.15, -0.1) is 0 Å². The highest BCUT2D eigenvalue weighted by Crippen LogP contribution is 2.28. The minimum Gasteiger partial charge on any atom is -0.494 e. The first-order chi connectivity index (χ1) is 10.0. The predicted octanol–water partition coefficient (Wildman–Crippen LogP) is 2.71. The number of likely N-dealkylation sites (N-methyl/N-ethyl adjacent to an activating group) is 1. The van der Waals surface area contributed by atoms with Gasteiger partial charge in [0.15, 0.2) is 0 Å². The summed E-state index contributed by atoms with van der Waals surface area (Å²) in [4.78, 5) is 14.3. The van der Waals surface area contributed by atoms with Gasteiger partial charge in [0.25, 0.3) is 0 Å². The van der Waals surface area contributed by atoms with E-state index in [0.717, 1.165) is 37.0 Å². The monoisotopic (exact) mass is 290 g/mol. The zero-order chi connectivity index (χ0) is 15.3. The van der Waals surface area contributed by atoms with Crippen LogP contribution in [0.4, 0.5) is 0 Å². The fourth-order valence-electron chi connectivity index (χ4n) is 2.98. The van der Waals surface area contributed by atoms with Crippen LogP contribution in [0.15, 0.2) is 24.3 Å². The van der Waals surface area contributed by atoms with Gasteiger partial charge in [-0.1, -0.05) is 31.4 Å². The fraction of sp³-hybridized carbons (Fsp3) is 0.588. The van der Waals surface area contributed by atoms with Crippen molar-refractivity contribution in [3.05, 3.63) is 29.8 Å². The van der Waals surface area contributed by atoms with Crippen molar-refractivity contribution in [3.63, 3.8) is 0 Å². The first-order valence-corrected chi connectivity index (χ1v) is 7.81. The lowest BCUT2D eigenvalue weighted by molar-refractivity contribution is -0.137. The third-order valence-corrected chi connectivity index (χ3v) is 4.17. The second-order valence-electron chi connectivity index (χ2n) is 5.95. The molecule has 1 aliphatic carbocycles. The summed E-state index contributed by atoms with van der Waals surface area (Å²) in [6, 6.07) is 7.88. The van der Waals surface area contributed by atoms with Gasteiger partial charge in [0, 0.05) is 13.6 Å². The maximum Gasteiger partial charge on any atom is 0.242 e. The van der Waals surface area contributed by atoms with Gasteiger partial charge in [-0.3, -0.25) is 4.79 Å². The first kappa shape index (κ1) is 15.8. The van der Waals surface area contributed by atoms with Crippen LogP contribution in [-0.4, -0.2) is 30.0 Å². The van der Waals surface area contributed by atoms with Crippen LogP contribution in [0.25, 0.3) is 0 Å². The molecule has 1 aliphatic rings. The molecule has 116 valence electrons. The van der Waals surface area contributed by atoms with Crippen molar-refractivity contribution in [2.24, 2.45) is 5.73 Å². The predicted molar refractivity (Wildman–Crippen MR) is 84.1 cm³/mol. The quantitative estimate of drug-likeness (QED) is 0.907. The number of amides is 1. The molecule has 21 heavy (non-hydrogen) atoms. The lowest BCUT2D eigenvalue weighted by Gasteiger charge is -2.35. The van der Waals surface area contributed by atoms with Crippen LogP contribution in [0, 0.1) is 0 Å². The molecule has 0 aliphatic heterocycles. The van der Waals surface area contributed by atoms with E-state index in [0.29, 0.717) is 13.2 Å². The summed E-state index contributed by atoms with van der Waals surface area (Å²) >= 11 is 0. The van der Waals surface area contributed by atoms with Gasteiger partial charge in [-0.25, -0.2) is 0 Å². The van der Waals surface area contributed by atoms with Gasteiger partial charge >= 0.3 is 0 Å². The first-order valence-electron chi connectivity index (χ1n) is 7.81. The summed E-state index contributed by atoms with van der Waals surface area (Å²) < 4.78 is 5.42. The minimum atomic E-state index is -0.655. The third kappa shape index (κ3) is 3.97. The lowest BCUT2D eigenvalue weighted by Crippen LogP contribution is -2.55. The van der Waals surface area contributed by atoms with E-state index >= 15 is 0 Å². The molecule has 0 aromatic heterocycles. The highest BCUT2D eigenvalue weighted by atomic mass is 16.5. The molecule has 1 aromatic rings. The van der Waals surface area contributed by atoms with Crippen LogP contribution in [-0.2, 0) is 11.3 Å². The zero-order valence-corrected chi connectivity index (χ0v) is 13.1. The average molecular weight is 290 g/mol. The molecule has 0 heterocycles. The molecule has 0 spiro atoms. The van der Waals surface area contributed by atoms with E-state index in [1.807, 2.05) is 38.2 Å². The van der Waals surface area contributed by atoms with Crippen LogP contribution < -0.4 is 10.5 Å². The molecule has 1 saturated carbocycles. The maximum atomic E-state index is 12.6. The molecular weight excluding hydrogens is 264 g/mol. The number of hydrogen-bond acceptors (Lipinski definition) is 3. The van der Waals surface area contributed by atoms with Crippen molar-refractivity contribution in [2.75, 3.05) is 13.7 Å². The number of rotatable bonds is 5. The van der Waals surface area contributed by atoms with Gasteiger partial charge in [-0.2, -0.15) is 0 Å². The van der Waals surface area contributed by atoms with Crippen molar-refractivity contribution in [1.82, 2.24) is 4.90 Å². The van der Waals surface area contributed by atoms with Gasteiger partial charge in [0.05, 0.1) is 12.1 Å². The van der Waals surface area contributed by atoms with Crippen LogP contribution in [0.5, 0.6) is 5.75 Å². The topological polar surface area (TPSA) is 55.6 Å². The molecular formula is C17H26N2O2. The Hall–Kier alpha value is -1.55. The summed E-state index contributed by atoms with van der Waals surface area (Å²) in [6.45, 7) is 3.21. The molecule has 1 amide bonds. The van der Waals surface area contributed by atoms with E-state index < -0.39 is 5.54 Å². The Morgan fingerprint density at radius 2 is 1.86 bits per heavy atom. The molecule has 4 nitrogen and oxygen atoms in total. The number of carbonyl (C=O) groups is 1. The molecule has 1 aromatic carbocycles. The normalized spacial score (nSPS) is 17.3. The van der Waals surface area contributed by atoms with Crippen molar-refractivity contribution in [2.45, 2.75) is 51.1 Å². The Morgan fingerprint density at radius 1 is 1.24 bits per heavy atom. The Bertz CT molecular complexity index is 464. The van der Waals surface area contributed by atoms with E-state index in [2.05, 4.69) is 0 Å². The maximum absolute atomic E-state index is 12.6. The van der Waals surface area contributed by atoms with E-state index in [1.165, 1.54) is 6.42 Å². The van der Waals surface area contributed by atoms with Crippen molar-refractivity contribution >= 4 is 5.91 Å². The number of benzene rings is 1. The standard InChI is InChI=1S/C17H26N2O2/c1-3-21-15-9-7-14(8-10-15)13-19(2)16(20)17(18)11-5-4-6-12-17/h7-10H,3-6,11-13,18H2,1-2H3. The highest BCUT2D eigenvalue weighted by Gasteiger charge is 2.37. The molecule has 0 radical (unpaired) electrons. The Labute approximate surface area is 127 Å². The number of nitrogens with zero attached hydrogens (tertiary/aromatic N) is 1. The summed E-state index contributed by atoms with van der Waals surface area (Å²) in [5.41, 5.74) is 6.75. The summed E-state index contributed by atoms with van der Waals surface area (Å²) in [7, 11) is 1.84. The van der Waals surface area contributed by atoms with E-state index in [4.69, 9.17) is 10.5 Å². The largest absolute Gasteiger partial charge is 0.494 e. The third-order valence-electron chi connectivity index (χ3n) is 4.17. The molecule has 0 atom stereocenters. The molecule has 2 rings (SSSR count). The smallest absolute Gasteiger partial charge is 0.242 e. The molecule has 1 fully saturated rings. The van der Waals surface area contributed by atoms with E-state index in [1.54, 1.807) is 4.90 Å². The van der Waals surface area contributed by atoms with E-state index in [9.17, 15) is 4.79 Å². The summed E-state index contributed by atoms with van der Waals surface area (Å²) in [6.07, 6.45) is 4.91. The molecule has 0 saturated heterocycles. The lowest BCUT2D eigenvalue weighted by atomic mass is 9.81. The van der Waals surface area contributed by atoms with Crippen LogP contribution >= 0.6 is 0 Å². The SMILES string of the molecule is CCOc1ccc(CN(C)C(=O)C2(N)CCCCC2)cc1. The van der Waals surface area contributed by atoms with E-state index in [-0.39, 0.29) is 5.91 Å². The van der Waals surface area contributed by atoms with Crippen molar-refractivity contribution < 1.29 is 9.53 Å². The number of nitrogens with two attached hydrogens (primary N) is 1. The number of hydrogen-bond donors (Lipinski definition) is 1. The van der Waals surface area contributed by atoms with Gasteiger partial charge in [0.2, 0.25) is 5.91 Å². The second-order valence-corrected chi connectivity index (χ2v) is 5.95. The summed E-state index contributed by atoms with van der Waals surface area (Å²) in [5, 5.41) is 0. The molecule has 0 bridgehead atoms. The Kier molecular flexibility index (Phi) is 5.23. The fourth-order valence-corrected chi connectivity index (χ4v) is 2.98. The Balaban J connectivity index is 1.96. The van der Waals surface area contributed by atoms with Crippen LogP contribution in [0.2, 0.25) is 0 Å². The highest BCUT2D eigenvalue weighted by molar-refractivity contribution is 5.86. The van der Waals surface area contributed by atoms with Crippen LogP contribution in [0.3, 0.4) is 0 Å². The van der Waals surface area contributed by atoms with Crippen molar-refractivity contribution in [3.8, 4) is 5.75 Å². The van der Waals surface area contributed by atoms with Gasteiger partial charge < -0.3 is 15.4 Å². The molecule has 4 heteroatoms. The number of carbonyl (C=O) groups excluding carboxylic acids is 1. The average Bonchev–Trinajstić information content (AvgIpc) is 2.49. The minimum absolute atomic E-state index is 0.0658. The molecule has 0 unspecified atom stereocenters. The van der Waals surface area contributed by atoms with Gasteiger partial charge in [0.1, 0.15) is 5.75 Å².